The van der Waals surface area contributed by atoms with Crippen LogP contribution in [-0.4, -0.2) is 54.9 Å². The normalized spacial score (nSPS) is 10.6. The Kier molecular flexibility index (Phi) is 5.51. The summed E-state index contributed by atoms with van der Waals surface area (Å²) in [4.78, 5) is 40.9. The van der Waals surface area contributed by atoms with Crippen LogP contribution in [0.5, 0.6) is 0 Å². The Labute approximate surface area is 158 Å². The molecule has 2 heterocycles. The van der Waals surface area contributed by atoms with Crippen molar-refractivity contribution in [2.75, 3.05) is 27.2 Å². The second-order valence-electron chi connectivity index (χ2n) is 5.79. The van der Waals surface area contributed by atoms with E-state index in [1.807, 2.05) is 24.3 Å². The summed E-state index contributed by atoms with van der Waals surface area (Å²) in [5.74, 6) is -1.18. The summed E-state index contributed by atoms with van der Waals surface area (Å²) in [6.07, 6.45) is 0. The van der Waals surface area contributed by atoms with E-state index in [-0.39, 0.29) is 18.2 Å². The minimum absolute atomic E-state index is 0.0265. The third-order valence-electron chi connectivity index (χ3n) is 3.58. The highest BCUT2D eigenvalue weighted by molar-refractivity contribution is 7.21. The van der Waals surface area contributed by atoms with Crippen LogP contribution in [0.2, 0.25) is 0 Å². The van der Waals surface area contributed by atoms with Gasteiger partial charge in [0.1, 0.15) is 0 Å². The van der Waals surface area contributed by atoms with Gasteiger partial charge in [0.05, 0.1) is 16.8 Å². The van der Waals surface area contributed by atoms with E-state index in [2.05, 4.69) is 10.3 Å². The Morgan fingerprint density at radius 3 is 2.70 bits per heavy atom. The van der Waals surface area contributed by atoms with Crippen molar-refractivity contribution >= 4 is 39.3 Å². The van der Waals surface area contributed by atoms with Crippen LogP contribution in [0.25, 0.3) is 21.0 Å². The number of para-hydroxylation sites is 1. The molecular formula is C18H17N3O5S. The van der Waals surface area contributed by atoms with Gasteiger partial charge in [-0.15, -0.1) is 11.3 Å². The van der Waals surface area contributed by atoms with E-state index in [9.17, 15) is 14.4 Å². The van der Waals surface area contributed by atoms with Gasteiger partial charge in [0.15, 0.2) is 17.4 Å². The first-order chi connectivity index (χ1) is 12.9. The van der Waals surface area contributed by atoms with Gasteiger partial charge in [0.2, 0.25) is 11.7 Å². The van der Waals surface area contributed by atoms with Gasteiger partial charge >= 0.3 is 5.97 Å². The standard InChI is InChI=1S/C18H17N3O5S/c1-21(2)16(23)9-19-15(22)10-25-18(24)13-8-7-12(26-13)17-20-11-5-3-4-6-14(11)27-17/h3-8H,9-10H2,1-2H3,(H,19,22). The molecule has 0 spiro atoms. The Bertz CT molecular complexity index is 959. The monoisotopic (exact) mass is 387 g/mol. The fraction of sp³-hybridized carbons (Fsp3) is 0.222. The van der Waals surface area contributed by atoms with Gasteiger partial charge in [-0.2, -0.15) is 0 Å². The quantitative estimate of drug-likeness (QED) is 0.649. The van der Waals surface area contributed by atoms with Gasteiger partial charge in [-0.3, -0.25) is 9.59 Å². The molecule has 9 heteroatoms. The lowest BCUT2D eigenvalue weighted by atomic mass is 10.3. The smallest absolute Gasteiger partial charge is 0.374 e. The number of ether oxygens (including phenoxy) is 1. The number of amides is 2. The van der Waals surface area contributed by atoms with E-state index >= 15 is 0 Å². The van der Waals surface area contributed by atoms with E-state index in [1.165, 1.54) is 22.3 Å². The third kappa shape index (κ3) is 4.50. The number of esters is 1. The zero-order valence-corrected chi connectivity index (χ0v) is 15.5. The number of aromatic nitrogens is 1. The molecule has 3 rings (SSSR count). The molecule has 0 radical (unpaired) electrons. The molecule has 0 aliphatic rings. The van der Waals surface area contributed by atoms with E-state index in [0.717, 1.165) is 10.2 Å². The first-order valence-electron chi connectivity index (χ1n) is 8.04. The maximum Gasteiger partial charge on any atom is 0.374 e. The average molecular weight is 387 g/mol. The average Bonchev–Trinajstić information content (AvgIpc) is 3.30. The number of furan rings is 1. The summed E-state index contributed by atoms with van der Waals surface area (Å²) in [5.41, 5.74) is 0.849. The summed E-state index contributed by atoms with van der Waals surface area (Å²) in [5, 5.41) is 3.02. The lowest BCUT2D eigenvalue weighted by molar-refractivity contribution is -0.131. The van der Waals surface area contributed by atoms with Crippen molar-refractivity contribution < 1.29 is 23.5 Å². The molecule has 8 nitrogen and oxygen atoms in total. The molecule has 2 aromatic heterocycles. The number of likely N-dealkylation sites (N-methyl/N-ethyl adjacent to an activating group) is 1. The van der Waals surface area contributed by atoms with Crippen LogP contribution >= 0.6 is 11.3 Å². The molecule has 3 aromatic rings. The fourth-order valence-corrected chi connectivity index (χ4v) is 3.05. The van der Waals surface area contributed by atoms with Crippen molar-refractivity contribution in [2.45, 2.75) is 0 Å². The Hall–Kier alpha value is -3.20. The van der Waals surface area contributed by atoms with Crippen molar-refractivity contribution in [1.29, 1.82) is 0 Å². The molecule has 1 N–H and O–H groups in total. The molecule has 0 fully saturated rings. The number of benzene rings is 1. The van der Waals surface area contributed by atoms with Gasteiger partial charge in [0.25, 0.3) is 5.91 Å². The minimum atomic E-state index is -0.767. The van der Waals surface area contributed by atoms with E-state index in [4.69, 9.17) is 9.15 Å². The van der Waals surface area contributed by atoms with Gasteiger partial charge in [-0.1, -0.05) is 12.1 Å². The van der Waals surface area contributed by atoms with E-state index in [0.29, 0.717) is 10.8 Å². The number of carbonyl (C=O) groups excluding carboxylic acids is 3. The van der Waals surface area contributed by atoms with Crippen LogP contribution in [-0.2, 0) is 14.3 Å². The second-order valence-corrected chi connectivity index (χ2v) is 6.82. The number of fused-ring (bicyclic) bond motifs is 1. The molecule has 0 bridgehead atoms. The predicted molar refractivity (Wildman–Crippen MR) is 99.3 cm³/mol. The summed E-state index contributed by atoms with van der Waals surface area (Å²) in [6.45, 7) is -0.664. The van der Waals surface area contributed by atoms with Crippen molar-refractivity contribution in [3.05, 3.63) is 42.2 Å². The van der Waals surface area contributed by atoms with E-state index in [1.54, 1.807) is 20.2 Å². The first-order valence-corrected chi connectivity index (χ1v) is 8.85. The van der Waals surface area contributed by atoms with Crippen LogP contribution in [0.15, 0.2) is 40.8 Å². The summed E-state index contributed by atoms with van der Waals surface area (Å²) < 4.78 is 11.4. The number of thiazole rings is 1. The summed E-state index contributed by atoms with van der Waals surface area (Å²) in [6, 6.07) is 10.8. The van der Waals surface area contributed by atoms with E-state index < -0.39 is 18.5 Å². The Balaban J connectivity index is 1.57. The zero-order chi connectivity index (χ0) is 19.4. The molecule has 0 saturated heterocycles. The van der Waals surface area contributed by atoms with Crippen molar-refractivity contribution in [3.63, 3.8) is 0 Å². The van der Waals surface area contributed by atoms with Crippen LogP contribution in [0.3, 0.4) is 0 Å². The molecule has 0 aliphatic heterocycles. The maximum absolute atomic E-state index is 12.0. The second kappa shape index (κ2) is 8.00. The highest BCUT2D eigenvalue weighted by Gasteiger charge is 2.17. The molecular weight excluding hydrogens is 370 g/mol. The molecule has 0 aliphatic carbocycles. The van der Waals surface area contributed by atoms with Gasteiger partial charge in [0, 0.05) is 14.1 Å². The first kappa shape index (κ1) is 18.6. The highest BCUT2D eigenvalue weighted by Crippen LogP contribution is 2.31. The maximum atomic E-state index is 12.0. The fourth-order valence-electron chi connectivity index (χ4n) is 2.13. The van der Waals surface area contributed by atoms with Crippen LogP contribution < -0.4 is 5.32 Å². The summed E-state index contributed by atoms with van der Waals surface area (Å²) >= 11 is 1.45. The predicted octanol–water partition coefficient (Wildman–Crippen LogP) is 1.92. The number of nitrogens with zero attached hydrogens (tertiary/aromatic N) is 2. The lowest BCUT2D eigenvalue weighted by Crippen LogP contribution is -2.38. The Morgan fingerprint density at radius 2 is 1.96 bits per heavy atom. The number of hydrogen-bond acceptors (Lipinski definition) is 7. The van der Waals surface area contributed by atoms with Crippen molar-refractivity contribution in [1.82, 2.24) is 15.2 Å². The number of carbonyl (C=O) groups is 3. The van der Waals surface area contributed by atoms with Crippen LogP contribution in [0.1, 0.15) is 10.6 Å². The van der Waals surface area contributed by atoms with Gasteiger partial charge in [-0.25, -0.2) is 9.78 Å². The molecule has 0 unspecified atom stereocenters. The van der Waals surface area contributed by atoms with Gasteiger partial charge in [-0.05, 0) is 24.3 Å². The molecule has 140 valence electrons. The number of rotatable bonds is 6. The zero-order valence-electron chi connectivity index (χ0n) is 14.7. The van der Waals surface area contributed by atoms with Crippen LogP contribution in [0, 0.1) is 0 Å². The minimum Gasteiger partial charge on any atom is -0.450 e. The Morgan fingerprint density at radius 1 is 1.19 bits per heavy atom. The topological polar surface area (TPSA) is 102 Å². The molecule has 1 aromatic carbocycles. The molecule has 0 saturated carbocycles. The molecule has 27 heavy (non-hydrogen) atoms. The highest BCUT2D eigenvalue weighted by atomic mass is 32.1. The number of nitrogens with one attached hydrogen (secondary N) is 1. The van der Waals surface area contributed by atoms with Crippen molar-refractivity contribution in [3.8, 4) is 10.8 Å². The largest absolute Gasteiger partial charge is 0.450 e. The van der Waals surface area contributed by atoms with Crippen LogP contribution in [0.4, 0.5) is 0 Å². The van der Waals surface area contributed by atoms with Crippen molar-refractivity contribution in [2.24, 2.45) is 0 Å². The SMILES string of the molecule is CN(C)C(=O)CNC(=O)COC(=O)c1ccc(-c2nc3ccccc3s2)o1. The molecule has 0 atom stereocenters. The lowest BCUT2D eigenvalue weighted by Gasteiger charge is -2.10. The third-order valence-corrected chi connectivity index (χ3v) is 4.63. The van der Waals surface area contributed by atoms with Gasteiger partial charge < -0.3 is 19.4 Å². The molecule has 2 amide bonds. The number of hydrogen-bond donors (Lipinski definition) is 1. The summed E-state index contributed by atoms with van der Waals surface area (Å²) in [7, 11) is 3.16.